The lowest BCUT2D eigenvalue weighted by atomic mass is 10.7. The zero-order valence-electron chi connectivity index (χ0n) is 5.88. The summed E-state index contributed by atoms with van der Waals surface area (Å²) in [6.45, 7) is 2.00. The van der Waals surface area contributed by atoms with Crippen molar-refractivity contribution in [1.29, 1.82) is 0 Å². The molecule has 9 heavy (non-hydrogen) atoms. The topological polar surface area (TPSA) is 17.8 Å². The second-order valence-electron chi connectivity index (χ2n) is 1.94. The van der Waals surface area contributed by atoms with Gasteiger partial charge >= 0.3 is 0 Å². The molecule has 0 fully saturated rings. The molecule has 0 aromatic carbocycles. The van der Waals surface area contributed by atoms with Gasteiger partial charge in [0.2, 0.25) is 0 Å². The average molecular weight is 142 g/mol. The van der Waals surface area contributed by atoms with Gasteiger partial charge in [-0.1, -0.05) is 0 Å². The zero-order valence-corrected chi connectivity index (χ0v) is 6.70. The van der Waals surface area contributed by atoms with E-state index >= 15 is 0 Å². The lowest BCUT2D eigenvalue weighted by Gasteiger charge is -1.87. The molecule has 50 valence electrons. The minimum Gasteiger partial charge on any atom is -0.337 e. The van der Waals surface area contributed by atoms with Crippen LogP contribution in [0.25, 0.3) is 0 Å². The van der Waals surface area contributed by atoms with Crippen molar-refractivity contribution < 1.29 is 0 Å². The Balaban J connectivity index is 2.98. The van der Waals surface area contributed by atoms with E-state index in [9.17, 15) is 0 Å². The Labute approximate surface area is 59.3 Å². The van der Waals surface area contributed by atoms with Crippen LogP contribution >= 0.6 is 11.8 Å². The molecule has 0 saturated carbocycles. The lowest BCUT2D eigenvalue weighted by molar-refractivity contribution is 0.858. The first kappa shape index (κ1) is 6.68. The Morgan fingerprint density at radius 1 is 1.67 bits per heavy atom. The SMILES string of the molecule is CSc1cn(C)c(C)n1. The van der Waals surface area contributed by atoms with Crippen LogP contribution in [0.4, 0.5) is 0 Å². The molecular formula is C6H10N2S. The van der Waals surface area contributed by atoms with Crippen molar-refractivity contribution in [3.05, 3.63) is 12.0 Å². The van der Waals surface area contributed by atoms with Crippen LogP contribution in [0.2, 0.25) is 0 Å². The van der Waals surface area contributed by atoms with Gasteiger partial charge in [-0.3, -0.25) is 0 Å². The van der Waals surface area contributed by atoms with Crippen molar-refractivity contribution in [2.24, 2.45) is 7.05 Å². The van der Waals surface area contributed by atoms with Crippen LogP contribution < -0.4 is 0 Å². The summed E-state index contributed by atoms with van der Waals surface area (Å²) in [5.74, 6) is 1.07. The second-order valence-corrected chi connectivity index (χ2v) is 2.77. The number of imidazole rings is 1. The standard InChI is InChI=1S/C6H10N2S/c1-5-7-6(9-3)4-8(5)2/h4H,1-3H3. The predicted molar refractivity (Wildman–Crippen MR) is 39.7 cm³/mol. The van der Waals surface area contributed by atoms with Crippen molar-refractivity contribution in [2.45, 2.75) is 11.9 Å². The van der Waals surface area contributed by atoms with Crippen LogP contribution in [-0.4, -0.2) is 15.8 Å². The van der Waals surface area contributed by atoms with E-state index in [1.165, 1.54) is 0 Å². The third-order valence-corrected chi connectivity index (χ3v) is 1.91. The van der Waals surface area contributed by atoms with Gasteiger partial charge in [-0.05, 0) is 13.2 Å². The largest absolute Gasteiger partial charge is 0.337 e. The summed E-state index contributed by atoms with van der Waals surface area (Å²) in [7, 11) is 2.00. The number of nitrogens with zero attached hydrogens (tertiary/aromatic N) is 2. The Bertz CT molecular complexity index is 185. The highest BCUT2D eigenvalue weighted by atomic mass is 32.2. The summed E-state index contributed by atoms with van der Waals surface area (Å²) in [5, 5.41) is 1.09. The van der Waals surface area contributed by atoms with E-state index in [1.54, 1.807) is 11.8 Å². The molecule has 1 heterocycles. The molecule has 0 saturated heterocycles. The van der Waals surface area contributed by atoms with Gasteiger partial charge in [0, 0.05) is 13.2 Å². The molecule has 0 bridgehead atoms. The number of rotatable bonds is 1. The van der Waals surface area contributed by atoms with E-state index in [-0.39, 0.29) is 0 Å². The minimum atomic E-state index is 1.07. The molecule has 1 aromatic rings. The molecule has 2 nitrogen and oxygen atoms in total. The summed E-state index contributed by atoms with van der Waals surface area (Å²) in [4.78, 5) is 4.25. The maximum Gasteiger partial charge on any atom is 0.114 e. The summed E-state index contributed by atoms with van der Waals surface area (Å²) < 4.78 is 2.02. The Morgan fingerprint density at radius 2 is 2.33 bits per heavy atom. The van der Waals surface area contributed by atoms with Crippen molar-refractivity contribution in [3.63, 3.8) is 0 Å². The molecule has 1 rings (SSSR count). The highest BCUT2D eigenvalue weighted by Gasteiger charge is 1.96. The molecule has 0 atom stereocenters. The maximum atomic E-state index is 4.25. The first-order chi connectivity index (χ1) is 4.24. The number of hydrogen-bond donors (Lipinski definition) is 0. The van der Waals surface area contributed by atoms with Crippen molar-refractivity contribution in [3.8, 4) is 0 Å². The van der Waals surface area contributed by atoms with E-state index in [0.717, 1.165) is 10.9 Å². The zero-order chi connectivity index (χ0) is 6.85. The van der Waals surface area contributed by atoms with Crippen LogP contribution in [0.5, 0.6) is 0 Å². The molecule has 0 aliphatic rings. The fourth-order valence-corrected chi connectivity index (χ4v) is 1.11. The van der Waals surface area contributed by atoms with E-state index in [1.807, 2.05) is 31.0 Å². The Hall–Kier alpha value is -0.440. The number of aryl methyl sites for hydroxylation is 2. The van der Waals surface area contributed by atoms with E-state index in [0.29, 0.717) is 0 Å². The van der Waals surface area contributed by atoms with Crippen molar-refractivity contribution >= 4 is 11.8 Å². The Morgan fingerprint density at radius 3 is 2.56 bits per heavy atom. The highest BCUT2D eigenvalue weighted by molar-refractivity contribution is 7.98. The molecule has 0 unspecified atom stereocenters. The van der Waals surface area contributed by atoms with Crippen LogP contribution in [0.15, 0.2) is 11.2 Å². The fourth-order valence-electron chi connectivity index (χ4n) is 0.625. The molecule has 3 heteroatoms. The maximum absolute atomic E-state index is 4.25. The van der Waals surface area contributed by atoms with Gasteiger partial charge in [-0.2, -0.15) is 0 Å². The molecule has 0 spiro atoms. The van der Waals surface area contributed by atoms with Crippen molar-refractivity contribution in [2.75, 3.05) is 6.26 Å². The molecule has 0 radical (unpaired) electrons. The molecule has 0 N–H and O–H groups in total. The van der Waals surface area contributed by atoms with Crippen LogP contribution in [0, 0.1) is 6.92 Å². The van der Waals surface area contributed by atoms with E-state index < -0.39 is 0 Å². The summed E-state index contributed by atoms with van der Waals surface area (Å²) >= 11 is 1.67. The van der Waals surface area contributed by atoms with Gasteiger partial charge < -0.3 is 4.57 Å². The third-order valence-electron chi connectivity index (χ3n) is 1.30. The second kappa shape index (κ2) is 2.43. The average Bonchev–Trinajstić information content (AvgIpc) is 2.13. The summed E-state index contributed by atoms with van der Waals surface area (Å²) in [5.41, 5.74) is 0. The highest BCUT2D eigenvalue weighted by Crippen LogP contribution is 2.11. The van der Waals surface area contributed by atoms with Crippen molar-refractivity contribution in [1.82, 2.24) is 9.55 Å². The molecule has 0 aliphatic heterocycles. The minimum absolute atomic E-state index is 1.07. The van der Waals surface area contributed by atoms with Gasteiger partial charge in [-0.15, -0.1) is 11.8 Å². The van der Waals surface area contributed by atoms with Gasteiger partial charge in [0.1, 0.15) is 10.9 Å². The Kier molecular flexibility index (Phi) is 1.81. The molecule has 0 amide bonds. The first-order valence-electron chi connectivity index (χ1n) is 2.78. The molecular weight excluding hydrogens is 132 g/mol. The van der Waals surface area contributed by atoms with E-state index in [2.05, 4.69) is 4.98 Å². The number of hydrogen-bond acceptors (Lipinski definition) is 2. The molecule has 1 aromatic heterocycles. The fraction of sp³-hybridized carbons (Fsp3) is 0.500. The predicted octanol–water partition coefficient (Wildman–Crippen LogP) is 1.45. The summed E-state index contributed by atoms with van der Waals surface area (Å²) in [6.07, 6.45) is 4.06. The van der Waals surface area contributed by atoms with Gasteiger partial charge in [-0.25, -0.2) is 4.98 Å². The van der Waals surface area contributed by atoms with Gasteiger partial charge in [0.15, 0.2) is 0 Å². The first-order valence-corrected chi connectivity index (χ1v) is 4.00. The van der Waals surface area contributed by atoms with Gasteiger partial charge in [0.25, 0.3) is 0 Å². The smallest absolute Gasteiger partial charge is 0.114 e. The quantitative estimate of drug-likeness (QED) is 0.552. The van der Waals surface area contributed by atoms with Crippen LogP contribution in [0.3, 0.4) is 0 Å². The van der Waals surface area contributed by atoms with Crippen LogP contribution in [0.1, 0.15) is 5.82 Å². The summed E-state index contributed by atoms with van der Waals surface area (Å²) in [6, 6.07) is 0. The molecule has 0 aliphatic carbocycles. The lowest BCUT2D eigenvalue weighted by Crippen LogP contribution is -1.86. The number of thioether (sulfide) groups is 1. The monoisotopic (exact) mass is 142 g/mol. The van der Waals surface area contributed by atoms with Crippen LogP contribution in [-0.2, 0) is 7.05 Å². The third kappa shape index (κ3) is 1.27. The van der Waals surface area contributed by atoms with Gasteiger partial charge in [0.05, 0.1) is 0 Å². The van der Waals surface area contributed by atoms with E-state index in [4.69, 9.17) is 0 Å². The number of aromatic nitrogens is 2. The normalized spacial score (nSPS) is 10.1.